The average Bonchev–Trinajstić information content (AvgIpc) is 2.78. The minimum absolute atomic E-state index is 0.425. The number of carbonyl (C=O) groups excluding carboxylic acids is 1. The zero-order valence-corrected chi connectivity index (χ0v) is 19.1. The summed E-state index contributed by atoms with van der Waals surface area (Å²) in [6, 6.07) is 20.2. The Bertz CT molecular complexity index is 1020. The predicted octanol–water partition coefficient (Wildman–Crippen LogP) is 7.28. The maximum absolute atomic E-state index is 12.3. The van der Waals surface area contributed by atoms with E-state index in [0.29, 0.717) is 17.1 Å². The van der Waals surface area contributed by atoms with Crippen LogP contribution in [0.5, 0.6) is 11.5 Å². The molecule has 6 heteroatoms. The number of carbonyl (C=O) groups is 1. The number of nitrogens with zero attached hydrogens (tertiary/aromatic N) is 2. The van der Waals surface area contributed by atoms with Crippen molar-refractivity contribution >= 4 is 39.9 Å². The molecule has 0 fully saturated rings. The molecule has 0 heterocycles. The van der Waals surface area contributed by atoms with E-state index >= 15 is 0 Å². The molecular formula is C24H23IN2O3. The first-order valence-electron chi connectivity index (χ1n) is 9.75. The van der Waals surface area contributed by atoms with Crippen LogP contribution in [0.25, 0.3) is 0 Å². The van der Waals surface area contributed by atoms with E-state index in [1.54, 1.807) is 49.6 Å². The lowest BCUT2D eigenvalue weighted by atomic mass is 10.1. The third kappa shape index (κ3) is 6.13. The van der Waals surface area contributed by atoms with E-state index < -0.39 is 5.97 Å². The van der Waals surface area contributed by atoms with Crippen LogP contribution in [-0.2, 0) is 6.42 Å². The minimum atomic E-state index is -0.425. The molecule has 5 nitrogen and oxygen atoms in total. The van der Waals surface area contributed by atoms with E-state index in [9.17, 15) is 4.79 Å². The summed E-state index contributed by atoms with van der Waals surface area (Å²) in [5, 5.41) is 8.64. The largest absolute Gasteiger partial charge is 0.497 e. The molecule has 0 radical (unpaired) electrons. The summed E-state index contributed by atoms with van der Waals surface area (Å²) in [6.45, 7) is 2.19. The number of rotatable bonds is 8. The Hall–Kier alpha value is -2.74. The third-order valence-corrected chi connectivity index (χ3v) is 5.35. The van der Waals surface area contributed by atoms with E-state index in [1.165, 1.54) is 18.4 Å². The van der Waals surface area contributed by atoms with Crippen molar-refractivity contribution < 1.29 is 14.3 Å². The molecule has 0 atom stereocenters. The SMILES string of the molecule is CCCCc1ccc(N=Nc2ccc(OC(=O)c3ccc(OC)cc3)cc2I)cc1. The molecule has 3 aromatic rings. The van der Waals surface area contributed by atoms with Gasteiger partial charge in [0.15, 0.2) is 0 Å². The van der Waals surface area contributed by atoms with Crippen LogP contribution in [0.3, 0.4) is 0 Å². The van der Waals surface area contributed by atoms with Crippen molar-refractivity contribution in [2.24, 2.45) is 10.2 Å². The molecule has 0 saturated carbocycles. The summed E-state index contributed by atoms with van der Waals surface area (Å²) in [7, 11) is 1.58. The Morgan fingerprint density at radius 3 is 2.27 bits per heavy atom. The van der Waals surface area contributed by atoms with Gasteiger partial charge in [-0.2, -0.15) is 5.11 Å². The van der Waals surface area contributed by atoms with Gasteiger partial charge in [0.25, 0.3) is 0 Å². The number of halogens is 1. The zero-order chi connectivity index (χ0) is 21.3. The molecule has 30 heavy (non-hydrogen) atoms. The summed E-state index contributed by atoms with van der Waals surface area (Å²) >= 11 is 2.16. The van der Waals surface area contributed by atoms with Crippen LogP contribution in [0.1, 0.15) is 35.7 Å². The van der Waals surface area contributed by atoms with Crippen molar-refractivity contribution in [1.29, 1.82) is 0 Å². The van der Waals surface area contributed by atoms with Gasteiger partial charge in [0.1, 0.15) is 11.5 Å². The van der Waals surface area contributed by atoms with Crippen LogP contribution >= 0.6 is 22.6 Å². The summed E-state index contributed by atoms with van der Waals surface area (Å²) < 4.78 is 11.4. The molecule has 0 aromatic heterocycles. The van der Waals surface area contributed by atoms with E-state index in [1.807, 2.05) is 12.1 Å². The lowest BCUT2D eigenvalue weighted by Gasteiger charge is -2.06. The molecule has 0 aliphatic rings. The first kappa shape index (κ1) is 22.0. The van der Waals surface area contributed by atoms with Gasteiger partial charge in [0.2, 0.25) is 0 Å². The highest BCUT2D eigenvalue weighted by Gasteiger charge is 2.10. The van der Waals surface area contributed by atoms with Gasteiger partial charge in [-0.3, -0.25) is 0 Å². The van der Waals surface area contributed by atoms with Gasteiger partial charge in [-0.25, -0.2) is 4.79 Å². The Labute approximate surface area is 190 Å². The zero-order valence-electron chi connectivity index (χ0n) is 17.0. The van der Waals surface area contributed by atoms with Crippen LogP contribution in [0.2, 0.25) is 0 Å². The van der Waals surface area contributed by atoms with Gasteiger partial charge in [0.05, 0.1) is 24.0 Å². The monoisotopic (exact) mass is 514 g/mol. The van der Waals surface area contributed by atoms with Gasteiger partial charge in [-0.1, -0.05) is 25.5 Å². The molecule has 3 rings (SSSR count). The van der Waals surface area contributed by atoms with Gasteiger partial charge in [-0.15, -0.1) is 5.11 Å². The second-order valence-corrected chi connectivity index (χ2v) is 7.86. The summed E-state index contributed by atoms with van der Waals surface area (Å²) in [4.78, 5) is 12.3. The van der Waals surface area contributed by atoms with E-state index in [2.05, 4.69) is 51.9 Å². The van der Waals surface area contributed by atoms with Crippen LogP contribution < -0.4 is 9.47 Å². The highest BCUT2D eigenvalue weighted by atomic mass is 127. The first-order valence-corrected chi connectivity index (χ1v) is 10.8. The average molecular weight is 514 g/mol. The van der Waals surface area contributed by atoms with Crippen molar-refractivity contribution in [2.75, 3.05) is 7.11 Å². The van der Waals surface area contributed by atoms with E-state index in [4.69, 9.17) is 9.47 Å². The van der Waals surface area contributed by atoms with Crippen LogP contribution in [-0.4, -0.2) is 13.1 Å². The van der Waals surface area contributed by atoms with Crippen molar-refractivity contribution in [3.05, 3.63) is 81.4 Å². The molecule has 0 unspecified atom stereocenters. The molecule has 154 valence electrons. The summed E-state index contributed by atoms with van der Waals surface area (Å²) in [5.41, 5.74) is 3.29. The third-order valence-electron chi connectivity index (χ3n) is 4.48. The Morgan fingerprint density at radius 2 is 1.63 bits per heavy atom. The second-order valence-electron chi connectivity index (χ2n) is 6.70. The standard InChI is InChI=1S/C24H23IN2O3/c1-3-4-5-17-6-10-19(11-7-17)26-27-23-15-14-21(16-22(23)25)30-24(28)18-8-12-20(29-2)13-9-18/h6-16H,3-5H2,1-2H3. The van der Waals surface area contributed by atoms with Gasteiger partial charge < -0.3 is 9.47 Å². The van der Waals surface area contributed by atoms with E-state index in [-0.39, 0.29) is 0 Å². The van der Waals surface area contributed by atoms with Crippen LogP contribution in [0.15, 0.2) is 77.0 Å². The number of benzene rings is 3. The fourth-order valence-corrected chi connectivity index (χ4v) is 3.34. The maximum Gasteiger partial charge on any atom is 0.343 e. The minimum Gasteiger partial charge on any atom is -0.497 e. The Balaban J connectivity index is 1.64. The number of hydrogen-bond acceptors (Lipinski definition) is 5. The molecule has 0 saturated heterocycles. The summed E-state index contributed by atoms with van der Waals surface area (Å²) in [5.74, 6) is 0.719. The number of unbranched alkanes of at least 4 members (excludes halogenated alkanes) is 1. The number of methoxy groups -OCH3 is 1. The van der Waals surface area contributed by atoms with Crippen molar-refractivity contribution in [3.8, 4) is 11.5 Å². The Kier molecular flexibility index (Phi) is 7.96. The maximum atomic E-state index is 12.3. The molecule has 0 N–H and O–H groups in total. The molecule has 0 aliphatic heterocycles. The Morgan fingerprint density at radius 1 is 0.933 bits per heavy atom. The number of hydrogen-bond donors (Lipinski definition) is 0. The molecule has 3 aromatic carbocycles. The lowest BCUT2D eigenvalue weighted by molar-refractivity contribution is 0.0734. The van der Waals surface area contributed by atoms with Crippen LogP contribution in [0, 0.1) is 3.57 Å². The van der Waals surface area contributed by atoms with Crippen molar-refractivity contribution in [2.45, 2.75) is 26.2 Å². The normalized spacial score (nSPS) is 10.9. The quantitative estimate of drug-likeness (QED) is 0.137. The van der Waals surface area contributed by atoms with Gasteiger partial charge in [0, 0.05) is 3.57 Å². The summed E-state index contributed by atoms with van der Waals surface area (Å²) in [6.07, 6.45) is 3.46. The lowest BCUT2D eigenvalue weighted by Crippen LogP contribution is -2.08. The number of esters is 1. The van der Waals surface area contributed by atoms with E-state index in [0.717, 1.165) is 21.4 Å². The molecule has 0 bridgehead atoms. The molecular weight excluding hydrogens is 491 g/mol. The van der Waals surface area contributed by atoms with Crippen LogP contribution in [0.4, 0.5) is 11.4 Å². The first-order chi connectivity index (χ1) is 14.6. The number of aryl methyl sites for hydroxylation is 1. The predicted molar refractivity (Wildman–Crippen MR) is 126 cm³/mol. The molecule has 0 amide bonds. The smallest absolute Gasteiger partial charge is 0.343 e. The highest BCUT2D eigenvalue weighted by Crippen LogP contribution is 2.28. The highest BCUT2D eigenvalue weighted by molar-refractivity contribution is 14.1. The molecule has 0 aliphatic carbocycles. The number of azo groups is 1. The van der Waals surface area contributed by atoms with Gasteiger partial charge >= 0.3 is 5.97 Å². The fraction of sp³-hybridized carbons (Fsp3) is 0.208. The fourth-order valence-electron chi connectivity index (χ4n) is 2.75. The topological polar surface area (TPSA) is 60.2 Å². The second kappa shape index (κ2) is 10.9. The molecule has 0 spiro atoms. The van der Waals surface area contributed by atoms with Crippen molar-refractivity contribution in [3.63, 3.8) is 0 Å². The number of ether oxygens (including phenoxy) is 2. The van der Waals surface area contributed by atoms with Gasteiger partial charge in [-0.05, 0) is 95.6 Å². The van der Waals surface area contributed by atoms with Crippen molar-refractivity contribution in [1.82, 2.24) is 0 Å².